The highest BCUT2D eigenvalue weighted by Gasteiger charge is 2.20. The molecule has 0 bridgehead atoms. The largest absolute Gasteiger partial charge is 0.480 e. The fourth-order valence-corrected chi connectivity index (χ4v) is 3.47. The average Bonchev–Trinajstić information content (AvgIpc) is 3.02. The Bertz CT molecular complexity index is 978. The maximum atomic E-state index is 5.61. The molecule has 0 aliphatic rings. The maximum absolute atomic E-state index is 5.61. The summed E-state index contributed by atoms with van der Waals surface area (Å²) in [5, 5.41) is 0. The summed E-state index contributed by atoms with van der Waals surface area (Å²) in [6.45, 7) is 11.2. The lowest BCUT2D eigenvalue weighted by Gasteiger charge is -2.15. The van der Waals surface area contributed by atoms with Crippen molar-refractivity contribution in [1.82, 2.24) is 19.5 Å². The van der Waals surface area contributed by atoms with Crippen molar-refractivity contribution in [1.29, 1.82) is 0 Å². The van der Waals surface area contributed by atoms with Gasteiger partial charge in [0.05, 0.1) is 36.7 Å². The van der Waals surface area contributed by atoms with Crippen LogP contribution in [0, 0.1) is 6.92 Å². The molecule has 28 heavy (non-hydrogen) atoms. The van der Waals surface area contributed by atoms with Gasteiger partial charge < -0.3 is 14.0 Å². The van der Waals surface area contributed by atoms with Crippen LogP contribution in [0.4, 0.5) is 0 Å². The van der Waals surface area contributed by atoms with Crippen LogP contribution in [0.15, 0.2) is 18.3 Å². The SMILES string of the molecule is CCc1nc2c(nc1-c1ccc(C(C)C)nc1OC)c(C)cn2[C@@H](C)COC. The second-order valence-corrected chi connectivity index (χ2v) is 7.52. The Balaban J connectivity index is 2.21. The summed E-state index contributed by atoms with van der Waals surface area (Å²) in [6.07, 6.45) is 2.88. The molecule has 0 saturated carbocycles. The van der Waals surface area contributed by atoms with Gasteiger partial charge in [-0.3, -0.25) is 0 Å². The van der Waals surface area contributed by atoms with Gasteiger partial charge in [0.1, 0.15) is 5.52 Å². The van der Waals surface area contributed by atoms with Crippen molar-refractivity contribution in [2.45, 2.75) is 53.0 Å². The standard InChI is InChI=1S/C22H30N4O2/c1-8-17-20(16-9-10-18(13(2)3)24-22(16)28-7)25-19-14(4)11-26(21(19)23-17)15(5)12-27-6/h9-11,13,15H,8,12H2,1-7H3/t15-/m0/s1. The Kier molecular flexibility index (Phi) is 5.98. The zero-order chi connectivity index (χ0) is 20.4. The minimum atomic E-state index is 0.188. The lowest BCUT2D eigenvalue weighted by Crippen LogP contribution is -2.11. The fourth-order valence-electron chi connectivity index (χ4n) is 3.47. The molecule has 3 aromatic heterocycles. The third-order valence-corrected chi connectivity index (χ3v) is 5.04. The van der Waals surface area contributed by atoms with E-state index in [0.29, 0.717) is 18.4 Å². The monoisotopic (exact) mass is 382 g/mol. The molecule has 0 radical (unpaired) electrons. The van der Waals surface area contributed by atoms with Gasteiger partial charge >= 0.3 is 0 Å². The maximum Gasteiger partial charge on any atom is 0.222 e. The molecule has 0 saturated heterocycles. The van der Waals surface area contributed by atoms with E-state index in [1.165, 1.54) is 0 Å². The minimum Gasteiger partial charge on any atom is -0.480 e. The molecule has 6 heteroatoms. The van der Waals surface area contributed by atoms with E-state index in [1.54, 1.807) is 14.2 Å². The molecule has 0 N–H and O–H groups in total. The quantitative estimate of drug-likeness (QED) is 0.592. The first-order valence-electron chi connectivity index (χ1n) is 9.83. The zero-order valence-electron chi connectivity index (χ0n) is 17.9. The molecule has 0 aliphatic heterocycles. The Hall–Kier alpha value is -2.47. The lowest BCUT2D eigenvalue weighted by atomic mass is 10.1. The summed E-state index contributed by atoms with van der Waals surface area (Å²) < 4.78 is 13.1. The summed E-state index contributed by atoms with van der Waals surface area (Å²) in [5.74, 6) is 0.931. The predicted octanol–water partition coefficient (Wildman–Crippen LogP) is 4.70. The van der Waals surface area contributed by atoms with Gasteiger partial charge in [0.15, 0.2) is 5.65 Å². The normalized spacial score (nSPS) is 12.7. The highest BCUT2D eigenvalue weighted by atomic mass is 16.5. The van der Waals surface area contributed by atoms with Gasteiger partial charge in [0, 0.05) is 19.0 Å². The lowest BCUT2D eigenvalue weighted by molar-refractivity contribution is 0.163. The van der Waals surface area contributed by atoms with Gasteiger partial charge in [-0.1, -0.05) is 20.8 Å². The molecule has 1 atom stereocenters. The molecule has 0 amide bonds. The topological polar surface area (TPSA) is 62.1 Å². The summed E-state index contributed by atoms with van der Waals surface area (Å²) in [6, 6.07) is 4.29. The van der Waals surface area contributed by atoms with Gasteiger partial charge in [-0.15, -0.1) is 0 Å². The van der Waals surface area contributed by atoms with Crippen molar-refractivity contribution in [3.05, 3.63) is 35.3 Å². The number of hydrogen-bond donors (Lipinski definition) is 0. The molecule has 0 aliphatic carbocycles. The van der Waals surface area contributed by atoms with Crippen molar-refractivity contribution in [3.63, 3.8) is 0 Å². The average molecular weight is 383 g/mol. The van der Waals surface area contributed by atoms with Crippen molar-refractivity contribution in [3.8, 4) is 17.1 Å². The van der Waals surface area contributed by atoms with Gasteiger partial charge in [-0.2, -0.15) is 0 Å². The van der Waals surface area contributed by atoms with Crippen LogP contribution in [0.5, 0.6) is 5.88 Å². The third kappa shape index (κ3) is 3.61. The molecular weight excluding hydrogens is 352 g/mol. The molecule has 6 nitrogen and oxygen atoms in total. The van der Waals surface area contributed by atoms with E-state index in [4.69, 9.17) is 24.4 Å². The smallest absolute Gasteiger partial charge is 0.222 e. The van der Waals surface area contributed by atoms with Gasteiger partial charge in [-0.05, 0) is 43.9 Å². The summed E-state index contributed by atoms with van der Waals surface area (Å²) in [5.41, 5.74) is 6.57. The Labute approximate surface area is 166 Å². The second-order valence-electron chi connectivity index (χ2n) is 7.52. The number of rotatable bonds is 7. The molecule has 3 aromatic rings. The van der Waals surface area contributed by atoms with E-state index >= 15 is 0 Å². The van der Waals surface area contributed by atoms with Crippen LogP contribution in [-0.4, -0.2) is 40.3 Å². The number of pyridine rings is 1. The van der Waals surface area contributed by atoms with E-state index in [9.17, 15) is 0 Å². The Morgan fingerprint density at radius 3 is 2.43 bits per heavy atom. The van der Waals surface area contributed by atoms with Crippen molar-refractivity contribution in [2.75, 3.05) is 20.8 Å². The number of hydrogen-bond acceptors (Lipinski definition) is 5. The summed E-state index contributed by atoms with van der Waals surface area (Å²) >= 11 is 0. The van der Waals surface area contributed by atoms with Crippen LogP contribution in [0.1, 0.15) is 56.6 Å². The molecule has 3 rings (SSSR count). The van der Waals surface area contributed by atoms with Gasteiger partial charge in [0.2, 0.25) is 5.88 Å². The van der Waals surface area contributed by atoms with Crippen LogP contribution < -0.4 is 4.74 Å². The van der Waals surface area contributed by atoms with E-state index in [1.807, 2.05) is 6.07 Å². The van der Waals surface area contributed by atoms with Crippen LogP contribution in [-0.2, 0) is 11.2 Å². The van der Waals surface area contributed by atoms with E-state index in [2.05, 4.69) is 51.4 Å². The Morgan fingerprint density at radius 2 is 1.82 bits per heavy atom. The van der Waals surface area contributed by atoms with Crippen LogP contribution in [0.3, 0.4) is 0 Å². The van der Waals surface area contributed by atoms with Crippen molar-refractivity contribution in [2.24, 2.45) is 0 Å². The molecule has 0 unspecified atom stereocenters. The number of fused-ring (bicyclic) bond motifs is 1. The number of ether oxygens (including phenoxy) is 2. The number of nitrogens with zero attached hydrogens (tertiary/aromatic N) is 4. The fraction of sp³-hybridized carbons (Fsp3) is 0.500. The van der Waals surface area contributed by atoms with Gasteiger partial charge in [-0.25, -0.2) is 15.0 Å². The predicted molar refractivity (Wildman–Crippen MR) is 112 cm³/mol. The van der Waals surface area contributed by atoms with Crippen molar-refractivity contribution >= 4 is 11.2 Å². The van der Waals surface area contributed by atoms with Crippen molar-refractivity contribution < 1.29 is 9.47 Å². The zero-order valence-corrected chi connectivity index (χ0v) is 17.9. The first-order valence-corrected chi connectivity index (χ1v) is 9.83. The third-order valence-electron chi connectivity index (χ3n) is 5.04. The van der Waals surface area contributed by atoms with Crippen LogP contribution in [0.25, 0.3) is 22.4 Å². The van der Waals surface area contributed by atoms with Crippen LogP contribution in [0.2, 0.25) is 0 Å². The van der Waals surface area contributed by atoms with E-state index in [0.717, 1.165) is 45.8 Å². The second kappa shape index (κ2) is 8.27. The van der Waals surface area contributed by atoms with Gasteiger partial charge in [0.25, 0.3) is 0 Å². The molecule has 150 valence electrons. The highest BCUT2D eigenvalue weighted by Crippen LogP contribution is 2.33. The first-order chi connectivity index (χ1) is 13.4. The van der Waals surface area contributed by atoms with Crippen LogP contribution >= 0.6 is 0 Å². The molecular formula is C22H30N4O2. The molecule has 3 heterocycles. The minimum absolute atomic E-state index is 0.188. The van der Waals surface area contributed by atoms with E-state index in [-0.39, 0.29) is 6.04 Å². The number of aryl methyl sites for hydroxylation is 2. The highest BCUT2D eigenvalue weighted by molar-refractivity contribution is 5.81. The number of methoxy groups -OCH3 is 2. The molecule has 0 fully saturated rings. The first kappa shape index (κ1) is 20.3. The number of aromatic nitrogens is 4. The molecule has 0 aromatic carbocycles. The molecule has 0 spiro atoms. The summed E-state index contributed by atoms with van der Waals surface area (Å²) in [7, 11) is 3.37. The summed E-state index contributed by atoms with van der Waals surface area (Å²) in [4.78, 5) is 14.7. The van der Waals surface area contributed by atoms with E-state index < -0.39 is 0 Å². The Morgan fingerprint density at radius 1 is 1.07 bits per heavy atom.